The normalized spacial score (nSPS) is 12.9. The molecule has 0 amide bonds. The van der Waals surface area contributed by atoms with E-state index in [0.717, 1.165) is 16.7 Å². The number of carbonyl (C=O) groups is 1. The predicted molar refractivity (Wildman–Crippen MR) is 92.5 cm³/mol. The van der Waals surface area contributed by atoms with Crippen molar-refractivity contribution in [1.29, 1.82) is 0 Å². The smallest absolute Gasteiger partial charge is 0.339 e. The number of aromatic carboxylic acids is 1. The number of aromatic hydroxyl groups is 1. The van der Waals surface area contributed by atoms with Gasteiger partial charge in [0.1, 0.15) is 11.3 Å². The van der Waals surface area contributed by atoms with E-state index < -0.39 is 5.97 Å². The molecule has 0 bridgehead atoms. The number of rotatable bonds is 3. The van der Waals surface area contributed by atoms with Crippen molar-refractivity contribution < 1.29 is 15.0 Å². The molecule has 0 aromatic heterocycles. The van der Waals surface area contributed by atoms with Crippen molar-refractivity contribution in [1.82, 2.24) is 0 Å². The van der Waals surface area contributed by atoms with Crippen LogP contribution < -0.4 is 0 Å². The van der Waals surface area contributed by atoms with Crippen LogP contribution >= 0.6 is 0 Å². The average molecular weight is 312 g/mol. The quantitative estimate of drug-likeness (QED) is 0.852. The molecule has 0 radical (unpaired) electrons. The fourth-order valence-corrected chi connectivity index (χ4v) is 2.70. The molecule has 2 aromatic carbocycles. The Bertz CT molecular complexity index is 739. The lowest BCUT2D eigenvalue weighted by atomic mass is 9.81. The monoisotopic (exact) mass is 312 g/mol. The van der Waals surface area contributed by atoms with Crippen molar-refractivity contribution in [3.05, 3.63) is 64.2 Å². The summed E-state index contributed by atoms with van der Waals surface area (Å²) in [6.45, 7) is 10.1. The zero-order valence-corrected chi connectivity index (χ0v) is 14.3. The first-order valence-electron chi connectivity index (χ1n) is 7.78. The molecule has 2 aromatic rings. The minimum Gasteiger partial charge on any atom is -0.507 e. The number of aryl methyl sites for hydroxylation is 1. The van der Waals surface area contributed by atoms with Gasteiger partial charge in [-0.15, -0.1) is 0 Å². The number of phenols is 1. The number of hydrogen-bond acceptors (Lipinski definition) is 2. The number of carboxylic acids is 1. The summed E-state index contributed by atoms with van der Waals surface area (Å²) >= 11 is 0. The van der Waals surface area contributed by atoms with Gasteiger partial charge < -0.3 is 10.2 Å². The minimum absolute atomic E-state index is 0.0353. The van der Waals surface area contributed by atoms with E-state index in [1.807, 2.05) is 58.9 Å². The number of hydrogen-bond donors (Lipinski definition) is 2. The summed E-state index contributed by atoms with van der Waals surface area (Å²) in [6, 6.07) is 11.6. The molecule has 0 aliphatic carbocycles. The Morgan fingerprint density at radius 2 is 1.78 bits per heavy atom. The van der Waals surface area contributed by atoms with Crippen LogP contribution in [0.15, 0.2) is 36.4 Å². The van der Waals surface area contributed by atoms with Crippen molar-refractivity contribution in [2.24, 2.45) is 0 Å². The van der Waals surface area contributed by atoms with Gasteiger partial charge in [-0.25, -0.2) is 4.79 Å². The third-order valence-electron chi connectivity index (χ3n) is 4.24. The molecule has 0 fully saturated rings. The molecule has 1 atom stereocenters. The molecule has 0 spiro atoms. The highest BCUT2D eigenvalue weighted by Crippen LogP contribution is 2.37. The molecule has 0 saturated heterocycles. The summed E-state index contributed by atoms with van der Waals surface area (Å²) in [5, 5.41) is 19.9. The summed E-state index contributed by atoms with van der Waals surface area (Å²) in [7, 11) is 0. The van der Waals surface area contributed by atoms with Crippen molar-refractivity contribution in [3.8, 4) is 5.75 Å². The molecule has 3 heteroatoms. The molecule has 23 heavy (non-hydrogen) atoms. The van der Waals surface area contributed by atoms with Crippen LogP contribution in [0.3, 0.4) is 0 Å². The van der Waals surface area contributed by atoms with E-state index in [1.54, 1.807) is 6.07 Å². The second-order valence-corrected chi connectivity index (χ2v) is 7.15. The first-order chi connectivity index (χ1) is 10.6. The molecule has 0 heterocycles. The Hall–Kier alpha value is -2.29. The topological polar surface area (TPSA) is 57.5 Å². The van der Waals surface area contributed by atoms with E-state index in [-0.39, 0.29) is 22.6 Å². The lowest BCUT2D eigenvalue weighted by Crippen LogP contribution is -2.14. The fourth-order valence-electron chi connectivity index (χ4n) is 2.70. The first kappa shape index (κ1) is 17.1. The molecular formula is C20H24O3. The van der Waals surface area contributed by atoms with Gasteiger partial charge in [-0.1, -0.05) is 63.6 Å². The zero-order valence-electron chi connectivity index (χ0n) is 14.3. The van der Waals surface area contributed by atoms with Crippen molar-refractivity contribution in [3.63, 3.8) is 0 Å². The first-order valence-corrected chi connectivity index (χ1v) is 7.78. The highest BCUT2D eigenvalue weighted by molar-refractivity contribution is 5.91. The summed E-state index contributed by atoms with van der Waals surface area (Å²) < 4.78 is 0. The van der Waals surface area contributed by atoms with Crippen LogP contribution in [-0.4, -0.2) is 16.2 Å². The van der Waals surface area contributed by atoms with Crippen molar-refractivity contribution in [2.45, 2.75) is 46.0 Å². The lowest BCUT2D eigenvalue weighted by Gasteiger charge is -2.24. The predicted octanol–water partition coefficient (Wildman–Crippen LogP) is 4.85. The van der Waals surface area contributed by atoms with Gasteiger partial charge in [0, 0.05) is 11.5 Å². The van der Waals surface area contributed by atoms with Gasteiger partial charge in [0.2, 0.25) is 0 Å². The van der Waals surface area contributed by atoms with Crippen LogP contribution in [0.4, 0.5) is 0 Å². The Kier molecular flexibility index (Phi) is 4.51. The van der Waals surface area contributed by atoms with Gasteiger partial charge in [0.25, 0.3) is 0 Å². The second kappa shape index (κ2) is 6.07. The van der Waals surface area contributed by atoms with Crippen molar-refractivity contribution >= 4 is 5.97 Å². The SMILES string of the molecule is Cc1cccc(C(C)c2cc(C(C)(C)C)cc(C(=O)O)c2O)c1. The van der Waals surface area contributed by atoms with Crippen LogP contribution in [0, 0.1) is 6.92 Å². The van der Waals surface area contributed by atoms with Gasteiger partial charge in [-0.2, -0.15) is 0 Å². The third kappa shape index (κ3) is 3.55. The van der Waals surface area contributed by atoms with Gasteiger partial charge in [-0.05, 0) is 29.5 Å². The fraction of sp³-hybridized carbons (Fsp3) is 0.350. The molecular weight excluding hydrogens is 288 g/mol. The highest BCUT2D eigenvalue weighted by atomic mass is 16.4. The molecule has 1 unspecified atom stereocenters. The minimum atomic E-state index is -1.11. The van der Waals surface area contributed by atoms with Crippen LogP contribution in [0.2, 0.25) is 0 Å². The largest absolute Gasteiger partial charge is 0.507 e. The van der Waals surface area contributed by atoms with Crippen LogP contribution in [-0.2, 0) is 5.41 Å². The summed E-state index contributed by atoms with van der Waals surface area (Å²) in [5.74, 6) is -1.33. The third-order valence-corrected chi connectivity index (χ3v) is 4.24. The van der Waals surface area contributed by atoms with E-state index in [4.69, 9.17) is 0 Å². The molecule has 2 rings (SSSR count). The molecule has 2 N–H and O–H groups in total. The Labute approximate surface area is 137 Å². The maximum absolute atomic E-state index is 11.5. The molecule has 3 nitrogen and oxygen atoms in total. The van der Waals surface area contributed by atoms with E-state index in [0.29, 0.717) is 5.56 Å². The number of benzene rings is 2. The van der Waals surface area contributed by atoms with Crippen molar-refractivity contribution in [2.75, 3.05) is 0 Å². The maximum Gasteiger partial charge on any atom is 0.339 e. The number of carboxylic acid groups (broad SMARTS) is 1. The van der Waals surface area contributed by atoms with E-state index in [1.165, 1.54) is 0 Å². The Morgan fingerprint density at radius 3 is 2.30 bits per heavy atom. The molecule has 0 saturated carbocycles. The van der Waals surface area contributed by atoms with Gasteiger partial charge in [0.15, 0.2) is 0 Å². The molecule has 0 aliphatic heterocycles. The summed E-state index contributed by atoms with van der Waals surface area (Å²) in [5.41, 5.74) is 3.52. The van der Waals surface area contributed by atoms with Crippen LogP contribution in [0.25, 0.3) is 0 Å². The summed E-state index contributed by atoms with van der Waals surface area (Å²) in [4.78, 5) is 11.5. The van der Waals surface area contributed by atoms with Gasteiger partial charge >= 0.3 is 5.97 Å². The van der Waals surface area contributed by atoms with E-state index >= 15 is 0 Å². The lowest BCUT2D eigenvalue weighted by molar-refractivity contribution is 0.0693. The van der Waals surface area contributed by atoms with Gasteiger partial charge in [0.05, 0.1) is 0 Å². The second-order valence-electron chi connectivity index (χ2n) is 7.15. The Morgan fingerprint density at radius 1 is 1.13 bits per heavy atom. The van der Waals surface area contributed by atoms with Crippen LogP contribution in [0.1, 0.15) is 66.2 Å². The maximum atomic E-state index is 11.5. The average Bonchev–Trinajstić information content (AvgIpc) is 2.45. The van der Waals surface area contributed by atoms with E-state index in [2.05, 4.69) is 6.07 Å². The van der Waals surface area contributed by atoms with Gasteiger partial charge in [-0.3, -0.25) is 0 Å². The highest BCUT2D eigenvalue weighted by Gasteiger charge is 2.24. The molecule has 0 aliphatic rings. The Balaban J connectivity index is 2.65. The van der Waals surface area contributed by atoms with Crippen LogP contribution in [0.5, 0.6) is 5.75 Å². The standard InChI is InChI=1S/C20H24O3/c1-12-7-6-8-14(9-12)13(2)16-10-15(20(3,4)5)11-17(18(16)21)19(22)23/h6-11,13,21H,1-5H3,(H,22,23). The van der Waals surface area contributed by atoms with E-state index in [9.17, 15) is 15.0 Å². The summed E-state index contributed by atoms with van der Waals surface area (Å²) in [6.07, 6.45) is 0. The molecule has 122 valence electrons. The zero-order chi connectivity index (χ0) is 17.4.